The van der Waals surface area contributed by atoms with Gasteiger partial charge in [0.2, 0.25) is 0 Å². The summed E-state index contributed by atoms with van der Waals surface area (Å²) in [5, 5.41) is 0. The van der Waals surface area contributed by atoms with Gasteiger partial charge in [-0.2, -0.15) is 0 Å². The summed E-state index contributed by atoms with van der Waals surface area (Å²) in [7, 11) is 0. The Morgan fingerprint density at radius 3 is 0.667 bits per heavy atom. The molecule has 0 spiro atoms. The van der Waals surface area contributed by atoms with Gasteiger partial charge in [-0.05, 0) is 102 Å². The lowest BCUT2D eigenvalue weighted by molar-refractivity contribution is -0.00108. The zero-order chi connectivity index (χ0) is 26.1. The molecule has 6 heteroatoms. The van der Waals surface area contributed by atoms with E-state index < -0.39 is 0 Å². The third kappa shape index (κ3) is 49.8. The minimum absolute atomic E-state index is 0.316. The van der Waals surface area contributed by atoms with Crippen LogP contribution in [0.1, 0.15) is 102 Å². The maximum Gasteiger partial charge on any atom is 0.0704 e. The van der Waals surface area contributed by atoms with E-state index in [1.165, 1.54) is 0 Å². The molecule has 0 saturated heterocycles. The third-order valence-electron chi connectivity index (χ3n) is 3.62. The van der Waals surface area contributed by atoms with Gasteiger partial charge in [0.25, 0.3) is 0 Å². The van der Waals surface area contributed by atoms with Crippen molar-refractivity contribution in [1.29, 1.82) is 0 Å². The van der Waals surface area contributed by atoms with Crippen molar-refractivity contribution >= 4 is 0 Å². The van der Waals surface area contributed by atoms with E-state index in [-0.39, 0.29) is 0 Å². The summed E-state index contributed by atoms with van der Waals surface area (Å²) >= 11 is 0. The predicted octanol–water partition coefficient (Wildman–Crippen LogP) is 6.68. The average molecular weight is 481 g/mol. The van der Waals surface area contributed by atoms with E-state index in [1.807, 2.05) is 55.4 Å². The quantitative estimate of drug-likeness (QED) is 0.204. The van der Waals surface area contributed by atoms with Crippen molar-refractivity contribution in [3.8, 4) is 0 Å². The molecular weight excluding hydrogens is 420 g/mol. The standard InChI is InChI=1S/C10H22O2.C9H20O2.C8H18O2/c1-9(2)11-7-5-6-8-12-10(3)4;1-8(2)10-6-5-7-11-9(3)4;1-7(2)9-5-6-10-8(3)4/h9-10H,5-8H2,1-4H3;8-9H,5-7H2,1-4H3;7-8H,5-6H2,1-4H3. The summed E-state index contributed by atoms with van der Waals surface area (Å²) in [5.74, 6) is 0. The van der Waals surface area contributed by atoms with Gasteiger partial charge in [0, 0.05) is 26.4 Å². The van der Waals surface area contributed by atoms with E-state index in [0.717, 1.165) is 45.7 Å². The molecule has 0 bridgehead atoms. The lowest BCUT2D eigenvalue weighted by atomic mass is 10.3. The van der Waals surface area contributed by atoms with Crippen LogP contribution < -0.4 is 0 Å². The second-order valence-electron chi connectivity index (χ2n) is 9.58. The van der Waals surface area contributed by atoms with Gasteiger partial charge in [-0.1, -0.05) is 0 Å². The molecule has 0 fully saturated rings. The molecule has 33 heavy (non-hydrogen) atoms. The van der Waals surface area contributed by atoms with E-state index >= 15 is 0 Å². The van der Waals surface area contributed by atoms with Crippen LogP contribution in [0.15, 0.2) is 0 Å². The van der Waals surface area contributed by atoms with E-state index in [2.05, 4.69) is 27.7 Å². The Kier molecular flexibility index (Phi) is 31.7. The maximum absolute atomic E-state index is 5.39. The summed E-state index contributed by atoms with van der Waals surface area (Å²) in [5.41, 5.74) is 0. The first-order valence-electron chi connectivity index (χ1n) is 13.1. The van der Waals surface area contributed by atoms with Gasteiger partial charge in [-0.3, -0.25) is 0 Å². The summed E-state index contributed by atoms with van der Waals surface area (Å²) in [6, 6.07) is 0. The Balaban J connectivity index is -0.000000411. The molecule has 0 aromatic rings. The number of unbranched alkanes of at least 4 members (excludes halogenated alkanes) is 1. The molecule has 204 valence electrons. The fraction of sp³-hybridized carbons (Fsp3) is 1.00. The lowest BCUT2D eigenvalue weighted by Gasteiger charge is -2.09. The molecule has 0 heterocycles. The molecule has 0 aromatic heterocycles. The molecule has 0 aromatic carbocycles. The third-order valence-corrected chi connectivity index (χ3v) is 3.62. The Bertz CT molecular complexity index is 312. The van der Waals surface area contributed by atoms with E-state index in [9.17, 15) is 0 Å². The molecule has 0 amide bonds. The van der Waals surface area contributed by atoms with Gasteiger partial charge in [0.1, 0.15) is 0 Å². The van der Waals surface area contributed by atoms with Crippen molar-refractivity contribution < 1.29 is 28.4 Å². The molecule has 0 aliphatic rings. The highest BCUT2D eigenvalue weighted by molar-refractivity contribution is 4.43. The van der Waals surface area contributed by atoms with Crippen LogP contribution in [0.25, 0.3) is 0 Å². The molecular formula is C27H60O6. The zero-order valence-electron chi connectivity index (χ0n) is 24.3. The van der Waals surface area contributed by atoms with Gasteiger partial charge in [-0.15, -0.1) is 0 Å². The summed E-state index contributed by atoms with van der Waals surface area (Å²) in [6.07, 6.45) is 5.23. The van der Waals surface area contributed by atoms with Crippen LogP contribution in [0.4, 0.5) is 0 Å². The highest BCUT2D eigenvalue weighted by atomic mass is 16.5. The van der Waals surface area contributed by atoms with Crippen LogP contribution in [0, 0.1) is 0 Å². The number of hydrogen-bond donors (Lipinski definition) is 0. The smallest absolute Gasteiger partial charge is 0.0704 e. The van der Waals surface area contributed by atoms with Crippen molar-refractivity contribution in [2.45, 2.75) is 139 Å². The molecule has 6 nitrogen and oxygen atoms in total. The maximum atomic E-state index is 5.39. The Morgan fingerprint density at radius 2 is 0.455 bits per heavy atom. The molecule has 0 aliphatic carbocycles. The van der Waals surface area contributed by atoms with Crippen molar-refractivity contribution in [3.63, 3.8) is 0 Å². The Labute approximate surface area is 207 Å². The number of rotatable bonds is 18. The normalized spacial score (nSPS) is 11.5. The summed E-state index contributed by atoms with van der Waals surface area (Å²) in [6.45, 7) is 29.3. The van der Waals surface area contributed by atoms with E-state index in [0.29, 0.717) is 49.8 Å². The van der Waals surface area contributed by atoms with Crippen molar-refractivity contribution in [1.82, 2.24) is 0 Å². The van der Waals surface area contributed by atoms with Crippen molar-refractivity contribution in [2.75, 3.05) is 39.6 Å². The molecule has 0 radical (unpaired) electrons. The van der Waals surface area contributed by atoms with Crippen LogP contribution >= 0.6 is 0 Å². The lowest BCUT2D eigenvalue weighted by Crippen LogP contribution is -2.12. The average Bonchev–Trinajstić information content (AvgIpc) is 2.67. The topological polar surface area (TPSA) is 55.4 Å². The van der Waals surface area contributed by atoms with Crippen LogP contribution in [0.3, 0.4) is 0 Å². The first-order chi connectivity index (χ1) is 15.4. The van der Waals surface area contributed by atoms with Gasteiger partial charge in [-0.25, -0.2) is 0 Å². The van der Waals surface area contributed by atoms with Crippen molar-refractivity contribution in [3.05, 3.63) is 0 Å². The van der Waals surface area contributed by atoms with Crippen LogP contribution in [0.2, 0.25) is 0 Å². The molecule has 0 N–H and O–H groups in total. The second kappa shape index (κ2) is 28.0. The SMILES string of the molecule is CC(C)OCCCCOC(C)C.CC(C)OCCCOC(C)C.CC(C)OCCOC(C)C. The van der Waals surface area contributed by atoms with Gasteiger partial charge in [0.05, 0.1) is 49.8 Å². The predicted molar refractivity (Wildman–Crippen MR) is 140 cm³/mol. The second-order valence-corrected chi connectivity index (χ2v) is 9.58. The van der Waals surface area contributed by atoms with Crippen LogP contribution in [-0.4, -0.2) is 76.3 Å². The highest BCUT2D eigenvalue weighted by Crippen LogP contribution is 1.97. The minimum atomic E-state index is 0.316. The minimum Gasteiger partial charge on any atom is -0.379 e. The monoisotopic (exact) mass is 480 g/mol. The van der Waals surface area contributed by atoms with Crippen molar-refractivity contribution in [2.24, 2.45) is 0 Å². The van der Waals surface area contributed by atoms with Crippen LogP contribution in [-0.2, 0) is 28.4 Å². The summed E-state index contributed by atoms with van der Waals surface area (Å²) in [4.78, 5) is 0. The molecule has 0 aliphatic heterocycles. The zero-order valence-corrected chi connectivity index (χ0v) is 24.3. The first-order valence-corrected chi connectivity index (χ1v) is 13.1. The van der Waals surface area contributed by atoms with Gasteiger partial charge < -0.3 is 28.4 Å². The molecule has 0 atom stereocenters. The Hall–Kier alpha value is -0.240. The van der Waals surface area contributed by atoms with Gasteiger partial charge in [0.15, 0.2) is 0 Å². The largest absolute Gasteiger partial charge is 0.379 e. The molecule has 0 saturated carbocycles. The van der Waals surface area contributed by atoms with E-state index in [4.69, 9.17) is 28.4 Å². The fourth-order valence-corrected chi connectivity index (χ4v) is 2.11. The van der Waals surface area contributed by atoms with E-state index in [1.54, 1.807) is 0 Å². The first kappa shape index (κ1) is 37.3. The highest BCUT2D eigenvalue weighted by Gasteiger charge is 1.96. The number of ether oxygens (including phenoxy) is 6. The Morgan fingerprint density at radius 1 is 0.273 bits per heavy atom. The molecule has 0 unspecified atom stereocenters. The molecule has 0 rings (SSSR count). The van der Waals surface area contributed by atoms with Crippen LogP contribution in [0.5, 0.6) is 0 Å². The van der Waals surface area contributed by atoms with Gasteiger partial charge >= 0.3 is 0 Å². The summed E-state index contributed by atoms with van der Waals surface area (Å²) < 4.78 is 32.0. The fourth-order valence-electron chi connectivity index (χ4n) is 2.11. The number of hydrogen-bond acceptors (Lipinski definition) is 6.